The van der Waals surface area contributed by atoms with E-state index in [-0.39, 0.29) is 5.75 Å². The lowest BCUT2D eigenvalue weighted by Crippen LogP contribution is -2.25. The number of benzene rings is 1. The molecule has 0 saturated carbocycles. The molecular weight excluding hydrogens is 231 g/mol. The number of halogens is 1. The van der Waals surface area contributed by atoms with Crippen molar-refractivity contribution in [2.45, 2.75) is 40.2 Å². The molecule has 0 spiro atoms. The van der Waals surface area contributed by atoms with E-state index < -0.39 is 5.82 Å². The monoisotopic (exact) mass is 254 g/mol. The average molecular weight is 254 g/mol. The molecule has 1 rings (SSSR count). The second kappa shape index (κ2) is 6.47. The first-order chi connectivity index (χ1) is 8.49. The van der Waals surface area contributed by atoms with E-state index in [0.717, 1.165) is 12.1 Å². The molecule has 3 N–H and O–H groups in total. The fourth-order valence-corrected chi connectivity index (χ4v) is 1.90. The third kappa shape index (κ3) is 3.52. The summed E-state index contributed by atoms with van der Waals surface area (Å²) in [6.45, 7) is 8.66. The molecule has 0 aliphatic heterocycles. The molecule has 0 amide bonds. The Morgan fingerprint density at radius 1 is 1.33 bits per heavy atom. The molecule has 102 valence electrons. The molecule has 0 heterocycles. The van der Waals surface area contributed by atoms with Gasteiger partial charge in [0.1, 0.15) is 0 Å². The Morgan fingerprint density at radius 2 is 2.00 bits per heavy atom. The highest BCUT2D eigenvalue weighted by atomic mass is 19.1. The van der Waals surface area contributed by atoms with Crippen molar-refractivity contribution < 1.29 is 9.13 Å². The van der Waals surface area contributed by atoms with Crippen LogP contribution >= 0.6 is 0 Å². The first kappa shape index (κ1) is 14.6. The minimum absolute atomic E-state index is 0.243. The second-order valence-electron chi connectivity index (χ2n) is 4.71. The lowest BCUT2D eigenvalue weighted by Gasteiger charge is -2.23. The Kier molecular flexibility index (Phi) is 5.25. The summed E-state index contributed by atoms with van der Waals surface area (Å²) in [5.41, 5.74) is 6.98. The first-order valence-corrected chi connectivity index (χ1v) is 6.47. The van der Waals surface area contributed by atoms with Gasteiger partial charge < -0.3 is 15.8 Å². The number of nitrogens with one attached hydrogen (secondary N) is 1. The molecule has 0 bridgehead atoms. The van der Waals surface area contributed by atoms with Gasteiger partial charge in [0.15, 0.2) is 11.6 Å². The molecule has 18 heavy (non-hydrogen) atoms. The maximum absolute atomic E-state index is 13.6. The third-order valence-electron chi connectivity index (χ3n) is 2.99. The predicted octanol–water partition coefficient (Wildman–Crippen LogP) is 3.65. The first-order valence-electron chi connectivity index (χ1n) is 6.47. The summed E-state index contributed by atoms with van der Waals surface area (Å²) in [6.07, 6.45) is 0.985. The van der Waals surface area contributed by atoms with Gasteiger partial charge in [-0.1, -0.05) is 20.8 Å². The van der Waals surface area contributed by atoms with Crippen molar-refractivity contribution in [1.29, 1.82) is 0 Å². The van der Waals surface area contributed by atoms with Crippen LogP contribution in [0.4, 0.5) is 15.8 Å². The summed E-state index contributed by atoms with van der Waals surface area (Å²) >= 11 is 0. The number of hydrogen-bond acceptors (Lipinski definition) is 3. The maximum Gasteiger partial charge on any atom is 0.167 e. The Labute approximate surface area is 109 Å². The third-order valence-corrected chi connectivity index (χ3v) is 2.99. The van der Waals surface area contributed by atoms with Gasteiger partial charge in [-0.25, -0.2) is 4.39 Å². The molecular formula is C14H23FN2O. The summed E-state index contributed by atoms with van der Waals surface area (Å²) in [6, 6.07) is 3.26. The van der Waals surface area contributed by atoms with E-state index in [9.17, 15) is 4.39 Å². The molecule has 1 atom stereocenters. The van der Waals surface area contributed by atoms with Gasteiger partial charge in [-0.3, -0.25) is 0 Å². The van der Waals surface area contributed by atoms with Gasteiger partial charge in [-0.05, 0) is 19.3 Å². The van der Waals surface area contributed by atoms with Gasteiger partial charge >= 0.3 is 0 Å². The number of hydrogen-bond donors (Lipinski definition) is 2. The highest BCUT2D eigenvalue weighted by Crippen LogP contribution is 2.29. The average Bonchev–Trinajstić information content (AvgIpc) is 2.30. The smallest absolute Gasteiger partial charge is 0.167 e. The van der Waals surface area contributed by atoms with Gasteiger partial charge in [-0.15, -0.1) is 0 Å². The van der Waals surface area contributed by atoms with Crippen LogP contribution in [0.1, 0.15) is 34.1 Å². The van der Waals surface area contributed by atoms with Gasteiger partial charge in [-0.2, -0.15) is 0 Å². The zero-order valence-corrected chi connectivity index (χ0v) is 11.6. The highest BCUT2D eigenvalue weighted by molar-refractivity contribution is 5.69. The van der Waals surface area contributed by atoms with Crippen molar-refractivity contribution in [3.63, 3.8) is 0 Å². The van der Waals surface area contributed by atoms with E-state index in [1.807, 2.05) is 6.92 Å². The molecule has 0 aliphatic rings. The zero-order chi connectivity index (χ0) is 13.7. The summed E-state index contributed by atoms with van der Waals surface area (Å²) in [5, 5.41) is 3.35. The molecule has 3 nitrogen and oxygen atoms in total. The molecule has 1 unspecified atom stereocenters. The topological polar surface area (TPSA) is 47.3 Å². The predicted molar refractivity (Wildman–Crippen MR) is 74.5 cm³/mol. The van der Waals surface area contributed by atoms with Crippen molar-refractivity contribution in [3.8, 4) is 5.75 Å². The number of anilines is 2. The number of nitrogens with two attached hydrogens (primary N) is 1. The van der Waals surface area contributed by atoms with Crippen molar-refractivity contribution >= 4 is 11.4 Å². The molecule has 0 aliphatic carbocycles. The fourth-order valence-electron chi connectivity index (χ4n) is 1.90. The van der Waals surface area contributed by atoms with Crippen molar-refractivity contribution in [3.05, 3.63) is 17.9 Å². The van der Waals surface area contributed by atoms with E-state index in [4.69, 9.17) is 10.5 Å². The Bertz CT molecular complexity index is 394. The van der Waals surface area contributed by atoms with Gasteiger partial charge in [0.05, 0.1) is 18.0 Å². The summed E-state index contributed by atoms with van der Waals surface area (Å²) in [5.74, 6) is 0.306. The Balaban J connectivity index is 2.97. The molecule has 0 fully saturated rings. The van der Waals surface area contributed by atoms with Gasteiger partial charge in [0, 0.05) is 18.2 Å². The number of rotatable bonds is 6. The summed E-state index contributed by atoms with van der Waals surface area (Å²) in [7, 11) is 0. The van der Waals surface area contributed by atoms with E-state index in [1.54, 1.807) is 6.07 Å². The minimum atomic E-state index is -0.419. The molecule has 0 radical (unpaired) electrons. The van der Waals surface area contributed by atoms with Crippen LogP contribution < -0.4 is 15.8 Å². The van der Waals surface area contributed by atoms with Crippen LogP contribution in [0.5, 0.6) is 5.75 Å². The lowest BCUT2D eigenvalue weighted by atomic mass is 10.0. The summed E-state index contributed by atoms with van der Waals surface area (Å²) < 4.78 is 18.8. The molecule has 1 aromatic rings. The quantitative estimate of drug-likeness (QED) is 0.762. The number of nitrogen functional groups attached to an aromatic ring is 1. The van der Waals surface area contributed by atoms with Gasteiger partial charge in [0.25, 0.3) is 0 Å². The van der Waals surface area contributed by atoms with E-state index >= 15 is 0 Å². The van der Waals surface area contributed by atoms with Gasteiger partial charge in [0.2, 0.25) is 0 Å². The normalized spacial score (nSPS) is 12.6. The van der Waals surface area contributed by atoms with Crippen LogP contribution in [0, 0.1) is 11.7 Å². The number of ether oxygens (including phenoxy) is 1. The standard InChI is InChI=1S/C14H23FN2O/c1-5-12(9(3)4)17-13-8-14(18-6-2)10(15)7-11(13)16/h7-9,12,17H,5-6,16H2,1-4H3. The van der Waals surface area contributed by atoms with Crippen molar-refractivity contribution in [2.24, 2.45) is 5.92 Å². The van der Waals surface area contributed by atoms with Crippen LogP contribution in [0.2, 0.25) is 0 Å². The van der Waals surface area contributed by atoms with Crippen molar-refractivity contribution in [2.75, 3.05) is 17.7 Å². The maximum atomic E-state index is 13.6. The highest BCUT2D eigenvalue weighted by Gasteiger charge is 2.14. The lowest BCUT2D eigenvalue weighted by molar-refractivity contribution is 0.322. The molecule has 0 saturated heterocycles. The zero-order valence-electron chi connectivity index (χ0n) is 11.6. The fraction of sp³-hybridized carbons (Fsp3) is 0.571. The van der Waals surface area contributed by atoms with Crippen LogP contribution in [-0.2, 0) is 0 Å². The Morgan fingerprint density at radius 3 is 2.50 bits per heavy atom. The Hall–Kier alpha value is -1.45. The van der Waals surface area contributed by atoms with Crippen LogP contribution in [-0.4, -0.2) is 12.6 Å². The van der Waals surface area contributed by atoms with Crippen LogP contribution in [0.15, 0.2) is 12.1 Å². The van der Waals surface area contributed by atoms with E-state index in [2.05, 4.69) is 26.1 Å². The van der Waals surface area contributed by atoms with Crippen LogP contribution in [0.3, 0.4) is 0 Å². The molecule has 0 aromatic heterocycles. The second-order valence-corrected chi connectivity index (χ2v) is 4.71. The molecule has 1 aromatic carbocycles. The summed E-state index contributed by atoms with van der Waals surface area (Å²) in [4.78, 5) is 0. The SMILES string of the molecule is CCOc1cc(NC(CC)C(C)C)c(N)cc1F. The van der Waals surface area contributed by atoms with Crippen LogP contribution in [0.25, 0.3) is 0 Å². The van der Waals surface area contributed by atoms with E-state index in [0.29, 0.717) is 24.3 Å². The van der Waals surface area contributed by atoms with Crippen molar-refractivity contribution in [1.82, 2.24) is 0 Å². The largest absolute Gasteiger partial charge is 0.491 e. The minimum Gasteiger partial charge on any atom is -0.491 e. The van der Waals surface area contributed by atoms with E-state index in [1.165, 1.54) is 6.07 Å². The molecule has 4 heteroatoms.